The number of nitrogens with two attached hydrogens (primary N) is 1. The van der Waals surface area contributed by atoms with Crippen LogP contribution < -0.4 is 11.1 Å². The maximum Gasteiger partial charge on any atom is 0.407 e. The van der Waals surface area contributed by atoms with E-state index in [1.54, 1.807) is 20.8 Å². The van der Waals surface area contributed by atoms with Gasteiger partial charge in [0.2, 0.25) is 0 Å². The molecule has 0 aromatic rings. The van der Waals surface area contributed by atoms with Gasteiger partial charge in [-0.15, -0.1) is 0 Å². The maximum atomic E-state index is 11.6. The molecule has 0 rings (SSSR count). The number of hydrogen-bond acceptors (Lipinski definition) is 4. The van der Waals surface area contributed by atoms with Crippen molar-refractivity contribution >= 4 is 12.2 Å². The van der Waals surface area contributed by atoms with Crippen LogP contribution in [0.4, 0.5) is 9.59 Å². The summed E-state index contributed by atoms with van der Waals surface area (Å²) in [6.45, 7) is 9.41. The molecule has 0 saturated carbocycles. The van der Waals surface area contributed by atoms with Crippen LogP contribution in [0, 0.1) is 5.92 Å². The highest BCUT2D eigenvalue weighted by Crippen LogP contribution is 2.09. The SMILES string of the molecule is CC(C)CC(COC(N)=O)NC(=O)OC(C)(C)C. The molecule has 0 spiro atoms. The van der Waals surface area contributed by atoms with Gasteiger partial charge in [0.15, 0.2) is 0 Å². The summed E-state index contributed by atoms with van der Waals surface area (Å²) in [6, 6.07) is -0.299. The lowest BCUT2D eigenvalue weighted by molar-refractivity contribution is 0.0464. The number of amides is 2. The minimum Gasteiger partial charge on any atom is -0.448 e. The Hall–Kier alpha value is -1.46. The highest BCUT2D eigenvalue weighted by molar-refractivity contribution is 5.68. The van der Waals surface area contributed by atoms with Crippen LogP contribution >= 0.6 is 0 Å². The Morgan fingerprint density at radius 1 is 1.28 bits per heavy atom. The van der Waals surface area contributed by atoms with Gasteiger partial charge in [-0.2, -0.15) is 0 Å². The van der Waals surface area contributed by atoms with Gasteiger partial charge in [0.05, 0.1) is 6.04 Å². The van der Waals surface area contributed by atoms with Crippen molar-refractivity contribution in [3.63, 3.8) is 0 Å². The zero-order chi connectivity index (χ0) is 14.3. The molecular formula is C12H24N2O4. The Labute approximate surface area is 108 Å². The monoisotopic (exact) mass is 260 g/mol. The molecule has 1 atom stereocenters. The zero-order valence-electron chi connectivity index (χ0n) is 11.8. The first-order valence-electron chi connectivity index (χ1n) is 6.02. The second-order valence-corrected chi connectivity index (χ2v) is 5.60. The van der Waals surface area contributed by atoms with Crippen LogP contribution in [0.3, 0.4) is 0 Å². The average molecular weight is 260 g/mol. The molecule has 106 valence electrons. The third-order valence-electron chi connectivity index (χ3n) is 1.90. The van der Waals surface area contributed by atoms with Crippen LogP contribution in [0.15, 0.2) is 0 Å². The predicted octanol–water partition coefficient (Wildman–Crippen LogP) is 2.02. The number of hydrogen-bond donors (Lipinski definition) is 2. The number of ether oxygens (including phenoxy) is 2. The van der Waals surface area contributed by atoms with Crippen LogP contribution in [0.2, 0.25) is 0 Å². The number of carbonyl (C=O) groups excluding carboxylic acids is 2. The summed E-state index contributed by atoms with van der Waals surface area (Å²) < 4.78 is 9.84. The first kappa shape index (κ1) is 16.5. The molecule has 0 aliphatic heterocycles. The minimum atomic E-state index is -0.852. The summed E-state index contributed by atoms with van der Waals surface area (Å²) in [6.07, 6.45) is -0.706. The van der Waals surface area contributed by atoms with Gasteiger partial charge in [-0.05, 0) is 33.1 Å². The number of primary amides is 1. The van der Waals surface area contributed by atoms with Crippen molar-refractivity contribution in [2.24, 2.45) is 11.7 Å². The fraction of sp³-hybridized carbons (Fsp3) is 0.833. The zero-order valence-corrected chi connectivity index (χ0v) is 11.8. The molecule has 6 nitrogen and oxygen atoms in total. The van der Waals surface area contributed by atoms with Gasteiger partial charge in [0.25, 0.3) is 0 Å². The van der Waals surface area contributed by atoms with E-state index in [0.29, 0.717) is 12.3 Å². The van der Waals surface area contributed by atoms with Gasteiger partial charge in [-0.1, -0.05) is 13.8 Å². The fourth-order valence-corrected chi connectivity index (χ4v) is 1.39. The quantitative estimate of drug-likeness (QED) is 0.791. The Morgan fingerprint density at radius 2 is 1.83 bits per heavy atom. The van der Waals surface area contributed by atoms with E-state index in [0.717, 1.165) is 0 Å². The molecule has 0 saturated heterocycles. The standard InChI is InChI=1S/C12H24N2O4/c1-8(2)6-9(7-17-10(13)15)14-11(16)18-12(3,4)5/h8-9H,6-7H2,1-5H3,(H2,13,15)(H,14,16). The molecule has 18 heavy (non-hydrogen) atoms. The van der Waals surface area contributed by atoms with Crippen molar-refractivity contribution in [1.29, 1.82) is 0 Å². The van der Waals surface area contributed by atoms with Crippen molar-refractivity contribution < 1.29 is 19.1 Å². The molecule has 1 unspecified atom stereocenters. The molecular weight excluding hydrogens is 236 g/mol. The van der Waals surface area contributed by atoms with E-state index in [4.69, 9.17) is 15.2 Å². The molecule has 0 fully saturated rings. The van der Waals surface area contributed by atoms with E-state index in [9.17, 15) is 9.59 Å². The Morgan fingerprint density at radius 3 is 2.22 bits per heavy atom. The van der Waals surface area contributed by atoms with Gasteiger partial charge in [0, 0.05) is 0 Å². The van der Waals surface area contributed by atoms with E-state index >= 15 is 0 Å². The average Bonchev–Trinajstić information content (AvgIpc) is 2.09. The van der Waals surface area contributed by atoms with Crippen LogP contribution in [0.5, 0.6) is 0 Å². The predicted molar refractivity (Wildman–Crippen MR) is 68.1 cm³/mol. The molecule has 0 aliphatic rings. The van der Waals surface area contributed by atoms with Crippen molar-refractivity contribution in [3.05, 3.63) is 0 Å². The van der Waals surface area contributed by atoms with Crippen molar-refractivity contribution in [3.8, 4) is 0 Å². The van der Waals surface area contributed by atoms with Crippen molar-refractivity contribution in [2.45, 2.75) is 52.7 Å². The third kappa shape index (κ3) is 9.74. The molecule has 0 heterocycles. The van der Waals surface area contributed by atoms with E-state index in [-0.39, 0.29) is 12.6 Å². The number of alkyl carbamates (subject to hydrolysis) is 1. The molecule has 0 aromatic carbocycles. The highest BCUT2D eigenvalue weighted by Gasteiger charge is 2.20. The van der Waals surface area contributed by atoms with Crippen LogP contribution in [-0.4, -0.2) is 30.4 Å². The van der Waals surface area contributed by atoms with Crippen LogP contribution in [0.25, 0.3) is 0 Å². The molecule has 0 aromatic heterocycles. The Balaban J connectivity index is 4.30. The number of carbonyl (C=O) groups is 2. The van der Waals surface area contributed by atoms with E-state index in [1.165, 1.54) is 0 Å². The van der Waals surface area contributed by atoms with Gasteiger partial charge < -0.3 is 20.5 Å². The summed E-state index contributed by atoms with van der Waals surface area (Å²) in [7, 11) is 0. The molecule has 6 heteroatoms. The number of nitrogens with one attached hydrogen (secondary N) is 1. The van der Waals surface area contributed by atoms with Crippen molar-refractivity contribution in [1.82, 2.24) is 5.32 Å². The Kier molecular flexibility index (Phi) is 6.51. The van der Waals surface area contributed by atoms with Gasteiger partial charge in [-0.25, -0.2) is 9.59 Å². The topological polar surface area (TPSA) is 90.6 Å². The second kappa shape index (κ2) is 7.08. The van der Waals surface area contributed by atoms with Crippen LogP contribution in [-0.2, 0) is 9.47 Å². The smallest absolute Gasteiger partial charge is 0.407 e. The highest BCUT2D eigenvalue weighted by atomic mass is 16.6. The minimum absolute atomic E-state index is 0.0484. The summed E-state index contributed by atoms with van der Waals surface area (Å²) in [5.41, 5.74) is 4.34. The Bertz CT molecular complexity index is 284. The van der Waals surface area contributed by atoms with E-state index in [1.807, 2.05) is 13.8 Å². The lowest BCUT2D eigenvalue weighted by atomic mass is 10.0. The van der Waals surface area contributed by atoms with Crippen LogP contribution in [0.1, 0.15) is 41.0 Å². The van der Waals surface area contributed by atoms with Gasteiger partial charge in [0.1, 0.15) is 12.2 Å². The fourth-order valence-electron chi connectivity index (χ4n) is 1.39. The molecule has 0 radical (unpaired) electrons. The summed E-state index contributed by atoms with van der Waals surface area (Å²) >= 11 is 0. The third-order valence-corrected chi connectivity index (χ3v) is 1.90. The molecule has 2 amide bonds. The van der Waals surface area contributed by atoms with Gasteiger partial charge >= 0.3 is 12.2 Å². The van der Waals surface area contributed by atoms with E-state index < -0.39 is 17.8 Å². The summed E-state index contributed by atoms with van der Waals surface area (Å²) in [4.78, 5) is 22.2. The molecule has 0 bridgehead atoms. The van der Waals surface area contributed by atoms with Crippen molar-refractivity contribution in [2.75, 3.05) is 6.61 Å². The summed E-state index contributed by atoms with van der Waals surface area (Å²) in [5.74, 6) is 0.349. The molecule has 0 aliphatic carbocycles. The second-order valence-electron chi connectivity index (χ2n) is 5.60. The number of rotatable bonds is 5. The van der Waals surface area contributed by atoms with E-state index in [2.05, 4.69) is 5.32 Å². The summed E-state index contributed by atoms with van der Waals surface area (Å²) in [5, 5.41) is 2.67. The lowest BCUT2D eigenvalue weighted by Gasteiger charge is -2.24. The largest absolute Gasteiger partial charge is 0.448 e. The normalized spacial score (nSPS) is 13.0. The first-order chi connectivity index (χ1) is 8.10. The first-order valence-corrected chi connectivity index (χ1v) is 6.02. The lowest BCUT2D eigenvalue weighted by Crippen LogP contribution is -2.42. The molecule has 3 N–H and O–H groups in total. The maximum absolute atomic E-state index is 11.6. The van der Waals surface area contributed by atoms with Gasteiger partial charge in [-0.3, -0.25) is 0 Å².